The maximum atomic E-state index is 12.6. The van der Waals surface area contributed by atoms with Crippen molar-refractivity contribution in [1.82, 2.24) is 10.2 Å². The fourth-order valence-corrected chi connectivity index (χ4v) is 3.44. The normalized spacial score (nSPS) is 14.9. The lowest BCUT2D eigenvalue weighted by molar-refractivity contribution is -0.137. The Labute approximate surface area is 179 Å². The summed E-state index contributed by atoms with van der Waals surface area (Å²) < 4.78 is 43.1. The van der Waals surface area contributed by atoms with Crippen molar-refractivity contribution in [2.75, 3.05) is 19.6 Å². The number of para-hydroxylation sites is 1. The van der Waals surface area contributed by atoms with E-state index in [0.29, 0.717) is 37.4 Å². The van der Waals surface area contributed by atoms with Gasteiger partial charge in [-0.1, -0.05) is 30.3 Å². The summed E-state index contributed by atoms with van der Waals surface area (Å²) in [4.78, 5) is 26.0. The van der Waals surface area contributed by atoms with Crippen LogP contribution in [0.2, 0.25) is 0 Å². The Morgan fingerprint density at radius 2 is 1.65 bits per heavy atom. The minimum atomic E-state index is -4.36. The number of nitrogens with zero attached hydrogens (tertiary/aromatic N) is 1. The van der Waals surface area contributed by atoms with Gasteiger partial charge in [-0.25, -0.2) is 4.79 Å². The number of alkyl halides is 3. The number of halogens is 3. The Balaban J connectivity index is 1.34. The monoisotopic (exact) mass is 434 g/mol. The number of likely N-dealkylation sites (tertiary alicyclic amines) is 1. The minimum absolute atomic E-state index is 0.134. The molecule has 1 heterocycles. The number of piperidine rings is 1. The molecule has 0 aromatic heterocycles. The number of hydrogen-bond acceptors (Lipinski definition) is 3. The summed E-state index contributed by atoms with van der Waals surface area (Å²) in [5.74, 6) is 0.650. The fraction of sp³-hybridized carbons (Fsp3) is 0.391. The molecule has 1 N–H and O–H groups in total. The molecular formula is C23H25F3N2O3. The molecule has 0 spiro atoms. The predicted molar refractivity (Wildman–Crippen MR) is 110 cm³/mol. The lowest BCUT2D eigenvalue weighted by Crippen LogP contribution is -2.42. The first kappa shape index (κ1) is 22.7. The zero-order chi connectivity index (χ0) is 22.3. The summed E-state index contributed by atoms with van der Waals surface area (Å²) in [6.45, 7) is 1.66. The molecule has 0 unspecified atom stereocenters. The molecule has 0 aliphatic carbocycles. The molecule has 1 aliphatic rings. The van der Waals surface area contributed by atoms with Crippen molar-refractivity contribution in [3.05, 3.63) is 65.7 Å². The second kappa shape index (κ2) is 10.3. The molecule has 0 atom stereocenters. The van der Waals surface area contributed by atoms with Gasteiger partial charge in [0.25, 0.3) is 0 Å². The Morgan fingerprint density at radius 1 is 1.00 bits per heavy atom. The van der Waals surface area contributed by atoms with E-state index in [1.54, 1.807) is 29.2 Å². The quantitative estimate of drug-likeness (QED) is 0.719. The third kappa shape index (κ3) is 7.01. The Kier molecular flexibility index (Phi) is 7.55. The van der Waals surface area contributed by atoms with Crippen molar-refractivity contribution in [1.29, 1.82) is 0 Å². The Morgan fingerprint density at radius 3 is 2.26 bits per heavy atom. The smallest absolute Gasteiger partial charge is 0.410 e. The molecule has 0 saturated carbocycles. The van der Waals surface area contributed by atoms with E-state index < -0.39 is 11.7 Å². The maximum absolute atomic E-state index is 12.6. The average molecular weight is 434 g/mol. The van der Waals surface area contributed by atoms with Crippen LogP contribution in [0.15, 0.2) is 54.6 Å². The number of aryl methyl sites for hydroxylation is 1. The fourth-order valence-electron chi connectivity index (χ4n) is 3.44. The van der Waals surface area contributed by atoms with E-state index in [1.807, 2.05) is 6.07 Å². The highest BCUT2D eigenvalue weighted by atomic mass is 19.4. The summed E-state index contributed by atoms with van der Waals surface area (Å²) in [5, 5.41) is 2.89. The molecule has 2 aromatic carbocycles. The van der Waals surface area contributed by atoms with Crippen LogP contribution in [-0.2, 0) is 17.4 Å². The van der Waals surface area contributed by atoms with E-state index in [1.165, 1.54) is 12.1 Å². The van der Waals surface area contributed by atoms with E-state index in [9.17, 15) is 22.8 Å². The van der Waals surface area contributed by atoms with Gasteiger partial charge in [0.05, 0.1) is 5.56 Å². The van der Waals surface area contributed by atoms with Gasteiger partial charge in [0, 0.05) is 26.1 Å². The van der Waals surface area contributed by atoms with Crippen LogP contribution in [0.5, 0.6) is 5.75 Å². The molecule has 2 aromatic rings. The maximum Gasteiger partial charge on any atom is 0.416 e. The van der Waals surface area contributed by atoms with Crippen LogP contribution in [0, 0.1) is 5.92 Å². The second-order valence-corrected chi connectivity index (χ2v) is 7.61. The van der Waals surface area contributed by atoms with Gasteiger partial charge in [-0.05, 0) is 55.0 Å². The molecule has 2 amide bonds. The van der Waals surface area contributed by atoms with Crippen molar-refractivity contribution in [3.63, 3.8) is 0 Å². The van der Waals surface area contributed by atoms with Gasteiger partial charge >= 0.3 is 12.3 Å². The van der Waals surface area contributed by atoms with Crippen LogP contribution in [0.4, 0.5) is 18.0 Å². The highest BCUT2D eigenvalue weighted by Gasteiger charge is 2.30. The van der Waals surface area contributed by atoms with E-state index in [2.05, 4.69) is 5.32 Å². The number of rotatable bonds is 6. The topological polar surface area (TPSA) is 58.6 Å². The second-order valence-electron chi connectivity index (χ2n) is 7.61. The number of carbonyl (C=O) groups is 2. The van der Waals surface area contributed by atoms with Crippen molar-refractivity contribution >= 4 is 12.0 Å². The standard InChI is InChI=1S/C23H25F3N2O3/c24-23(25,26)19-9-6-17(7-10-19)8-11-21(29)27-16-18-12-14-28(15-13-18)22(30)31-20-4-2-1-3-5-20/h1-7,9-10,18H,8,11-16H2,(H,27,29). The van der Waals surface area contributed by atoms with Gasteiger partial charge in [0.15, 0.2) is 0 Å². The molecule has 1 aliphatic heterocycles. The lowest BCUT2D eigenvalue weighted by atomic mass is 9.97. The summed E-state index contributed by atoms with van der Waals surface area (Å²) in [6.07, 6.45) is -2.60. The highest BCUT2D eigenvalue weighted by Crippen LogP contribution is 2.29. The van der Waals surface area contributed by atoms with Crippen molar-refractivity contribution in [2.24, 2.45) is 5.92 Å². The van der Waals surface area contributed by atoms with Crippen LogP contribution in [-0.4, -0.2) is 36.5 Å². The van der Waals surface area contributed by atoms with Gasteiger partial charge in [-0.2, -0.15) is 13.2 Å². The van der Waals surface area contributed by atoms with Crippen LogP contribution >= 0.6 is 0 Å². The molecule has 1 fully saturated rings. The molecule has 0 radical (unpaired) electrons. The first-order valence-electron chi connectivity index (χ1n) is 10.3. The van der Waals surface area contributed by atoms with Crippen molar-refractivity contribution in [2.45, 2.75) is 31.9 Å². The predicted octanol–water partition coefficient (Wildman–Crippen LogP) is 4.67. The molecule has 8 heteroatoms. The van der Waals surface area contributed by atoms with E-state index >= 15 is 0 Å². The third-order valence-corrected chi connectivity index (χ3v) is 5.33. The van der Waals surface area contributed by atoms with Gasteiger partial charge in [0.1, 0.15) is 5.75 Å². The summed E-state index contributed by atoms with van der Waals surface area (Å²) in [6, 6.07) is 13.8. The van der Waals surface area contributed by atoms with Gasteiger partial charge in [-0.3, -0.25) is 4.79 Å². The lowest BCUT2D eigenvalue weighted by Gasteiger charge is -2.31. The van der Waals surface area contributed by atoms with Gasteiger partial charge in [0.2, 0.25) is 5.91 Å². The number of hydrogen-bond donors (Lipinski definition) is 1. The molecule has 0 bridgehead atoms. The van der Waals surface area contributed by atoms with E-state index in [0.717, 1.165) is 25.0 Å². The molecule has 31 heavy (non-hydrogen) atoms. The number of amides is 2. The number of ether oxygens (including phenoxy) is 1. The van der Waals surface area contributed by atoms with Crippen LogP contribution in [0.3, 0.4) is 0 Å². The van der Waals surface area contributed by atoms with Gasteiger partial charge in [-0.15, -0.1) is 0 Å². The van der Waals surface area contributed by atoms with Crippen molar-refractivity contribution < 1.29 is 27.5 Å². The molecule has 1 saturated heterocycles. The zero-order valence-corrected chi connectivity index (χ0v) is 17.0. The number of benzene rings is 2. The summed E-state index contributed by atoms with van der Waals surface area (Å²) in [7, 11) is 0. The average Bonchev–Trinajstić information content (AvgIpc) is 2.77. The van der Waals surface area contributed by atoms with Crippen LogP contribution in [0.1, 0.15) is 30.4 Å². The zero-order valence-electron chi connectivity index (χ0n) is 17.0. The number of nitrogens with one attached hydrogen (secondary N) is 1. The molecule has 3 rings (SSSR count). The first-order chi connectivity index (χ1) is 14.8. The minimum Gasteiger partial charge on any atom is -0.410 e. The summed E-state index contributed by atoms with van der Waals surface area (Å²) >= 11 is 0. The van der Waals surface area contributed by atoms with Gasteiger partial charge < -0.3 is 15.0 Å². The largest absolute Gasteiger partial charge is 0.416 e. The van der Waals surface area contributed by atoms with Crippen LogP contribution in [0.25, 0.3) is 0 Å². The molecule has 5 nitrogen and oxygen atoms in total. The Hall–Kier alpha value is -3.03. The third-order valence-electron chi connectivity index (χ3n) is 5.33. The Bertz CT molecular complexity index is 862. The molecule has 166 valence electrons. The van der Waals surface area contributed by atoms with Crippen LogP contribution < -0.4 is 10.1 Å². The SMILES string of the molecule is O=C(CCc1ccc(C(F)(F)F)cc1)NCC1CCN(C(=O)Oc2ccccc2)CC1. The van der Waals surface area contributed by atoms with E-state index in [-0.39, 0.29) is 24.3 Å². The number of carbonyl (C=O) groups excluding carboxylic acids is 2. The van der Waals surface area contributed by atoms with Crippen molar-refractivity contribution in [3.8, 4) is 5.75 Å². The first-order valence-corrected chi connectivity index (χ1v) is 10.3. The highest BCUT2D eigenvalue weighted by molar-refractivity contribution is 5.76. The molecular weight excluding hydrogens is 409 g/mol. The summed E-state index contributed by atoms with van der Waals surface area (Å²) in [5.41, 5.74) is -0.00641. The van der Waals surface area contributed by atoms with E-state index in [4.69, 9.17) is 4.74 Å².